The summed E-state index contributed by atoms with van der Waals surface area (Å²) in [6, 6.07) is 51.9. The quantitative estimate of drug-likeness (QED) is 0.136. The van der Waals surface area contributed by atoms with Gasteiger partial charge in [0.25, 0.3) is 0 Å². The largest absolute Gasteiger partial charge is 0.394 e. The van der Waals surface area contributed by atoms with Crippen LogP contribution in [-0.2, 0) is 54.7 Å². The molecular weight excluding hydrogens is 929 g/mol. The number of Topliss-reactive ketones (excluding diaryl/α,β-unsaturated/α-hetero) is 2. The highest BCUT2D eigenvalue weighted by molar-refractivity contribution is 5.86. The number of piperidine rings is 2. The molecule has 3 aliphatic carbocycles. The number of ketones is 2. The lowest BCUT2D eigenvalue weighted by molar-refractivity contribution is -0.231. The summed E-state index contributed by atoms with van der Waals surface area (Å²) < 4.78 is 22.8. The molecule has 5 aromatic rings. The van der Waals surface area contributed by atoms with Gasteiger partial charge in [0.2, 0.25) is 0 Å². The second-order valence-electron chi connectivity index (χ2n) is 20.0. The molecule has 7 aliphatic rings. The van der Waals surface area contributed by atoms with Crippen LogP contribution in [0, 0.1) is 30.6 Å². The van der Waals surface area contributed by atoms with Crippen molar-refractivity contribution >= 4 is 11.6 Å². The number of hydrogen-bond donors (Lipinski definition) is 3. The second kappa shape index (κ2) is 33.2. The average molecular weight is 1010 g/mol. The Hall–Kier alpha value is -4.96. The highest BCUT2D eigenvalue weighted by Gasteiger charge is 2.58. The summed E-state index contributed by atoms with van der Waals surface area (Å²) in [5.74, 6) is 2.58. The van der Waals surface area contributed by atoms with Crippen molar-refractivity contribution in [3.8, 4) is 0 Å². The Balaban J connectivity index is 0.000000149. The fourth-order valence-corrected chi connectivity index (χ4v) is 10.6. The van der Waals surface area contributed by atoms with E-state index >= 15 is 0 Å². The topological polar surface area (TPSA) is 147 Å². The zero-order valence-corrected chi connectivity index (χ0v) is 44.0. The number of fused-ring (bicyclic) bond motifs is 2. The van der Waals surface area contributed by atoms with E-state index < -0.39 is 0 Å². The molecule has 5 aromatic carbocycles. The van der Waals surface area contributed by atoms with Crippen molar-refractivity contribution in [3.63, 3.8) is 0 Å². The van der Waals surface area contributed by atoms with Gasteiger partial charge in [-0.1, -0.05) is 157 Å². The highest BCUT2D eigenvalue weighted by atomic mass is 16.7. The van der Waals surface area contributed by atoms with Gasteiger partial charge in [0.15, 0.2) is 5.79 Å². The zero-order chi connectivity index (χ0) is 52.1. The first kappa shape index (κ1) is 58.3. The van der Waals surface area contributed by atoms with Gasteiger partial charge in [-0.2, -0.15) is 0 Å². The van der Waals surface area contributed by atoms with Crippen molar-refractivity contribution in [2.45, 2.75) is 90.3 Å². The predicted molar refractivity (Wildman–Crippen MR) is 292 cm³/mol. The van der Waals surface area contributed by atoms with Crippen molar-refractivity contribution < 1.29 is 38.7 Å². The number of benzene rings is 5. The third kappa shape index (κ3) is 20.0. The minimum Gasteiger partial charge on any atom is -0.394 e. The van der Waals surface area contributed by atoms with Crippen LogP contribution in [0.1, 0.15) is 79.2 Å². The second-order valence-corrected chi connectivity index (χ2v) is 20.0. The summed E-state index contributed by atoms with van der Waals surface area (Å²) >= 11 is 0. The van der Waals surface area contributed by atoms with Crippen molar-refractivity contribution in [1.82, 2.24) is 14.7 Å². The van der Waals surface area contributed by atoms with E-state index in [-0.39, 0.29) is 19.0 Å². The van der Waals surface area contributed by atoms with Gasteiger partial charge in [-0.3, -0.25) is 24.3 Å². The number of nitrogens with two attached hydrogens (primary N) is 1. The standard InChI is InChI=1S/C16H21NO2.C14H17NO.C11H15NO2.C7H9N.C7H8.C5H8O.C2H6O2/c1-2-4-13(5-3-1)10-17-11-14-6-7-15(12-17)16(14)18-8-9-19-16;16-14-12-6-7-13(14)10-15(9-12)8-11-4-2-1-3-5-11;1-2-4-11(5-3-1)8-12-9-13-6-7-14-10-12;8-6-7-4-2-1-3-5-7;1-7-5-3-2-4-6-7;6-5-3-1-2-4-5;3-1-2-4/h1-5,14-15H,6-12H2;1-5,12-13H,6-10H2;1-5H,6-10H2;1-5H,6,8H2;2-6H,1H3;1-4H2;3-4H,1-2H2. The number of aryl methyl sites for hydroxylation is 1. The molecule has 3 saturated carbocycles. The van der Waals surface area contributed by atoms with Crippen LogP contribution in [0.15, 0.2) is 152 Å². The highest BCUT2D eigenvalue weighted by Crippen LogP contribution is 2.50. The summed E-state index contributed by atoms with van der Waals surface area (Å²) in [5.41, 5.74) is 11.9. The Morgan fingerprint density at radius 3 is 1.22 bits per heavy atom. The van der Waals surface area contributed by atoms with Crippen molar-refractivity contribution in [1.29, 1.82) is 0 Å². The van der Waals surface area contributed by atoms with Crippen LogP contribution >= 0.6 is 0 Å². The number of hydrogen-bond acceptors (Lipinski definition) is 12. The lowest BCUT2D eigenvalue weighted by Gasteiger charge is -2.43. The first-order chi connectivity index (χ1) is 36.3. The molecule has 0 aromatic heterocycles. The first-order valence-electron chi connectivity index (χ1n) is 27.0. The molecule has 4 bridgehead atoms. The molecule has 4 atom stereocenters. The van der Waals surface area contributed by atoms with Crippen LogP contribution in [-0.4, -0.2) is 122 Å². The third-order valence-electron chi connectivity index (χ3n) is 14.3. The number of carbonyl (C=O) groups is 2. The molecule has 1 spiro atoms. The van der Waals surface area contributed by atoms with E-state index in [0.29, 0.717) is 68.5 Å². The number of ether oxygens (including phenoxy) is 4. The Kier molecular flexibility index (Phi) is 26.1. The van der Waals surface area contributed by atoms with Crippen LogP contribution in [0.2, 0.25) is 0 Å². The van der Waals surface area contributed by atoms with Gasteiger partial charge in [-0.15, -0.1) is 0 Å². The van der Waals surface area contributed by atoms with E-state index in [4.69, 9.17) is 34.9 Å². The van der Waals surface area contributed by atoms with Crippen molar-refractivity contribution in [3.05, 3.63) is 179 Å². The number of likely N-dealkylation sites (tertiary alicyclic amines) is 2. The van der Waals surface area contributed by atoms with Crippen LogP contribution in [0.5, 0.6) is 0 Å². The summed E-state index contributed by atoms with van der Waals surface area (Å²) in [6.45, 7) is 13.9. The summed E-state index contributed by atoms with van der Waals surface area (Å²) in [6.07, 6.45) is 8.73. The molecule has 4 heterocycles. The van der Waals surface area contributed by atoms with Crippen molar-refractivity contribution in [2.75, 3.05) is 79.3 Å². The van der Waals surface area contributed by atoms with Gasteiger partial charge in [-0.25, -0.2) is 0 Å². The Labute approximate surface area is 441 Å². The van der Waals surface area contributed by atoms with Gasteiger partial charge in [0, 0.05) is 88.9 Å². The maximum Gasteiger partial charge on any atom is 0.176 e. The number of carbonyl (C=O) groups excluding carboxylic acids is 2. The third-order valence-corrected chi connectivity index (χ3v) is 14.3. The predicted octanol–water partition coefficient (Wildman–Crippen LogP) is 9.06. The molecule has 0 radical (unpaired) electrons. The van der Waals surface area contributed by atoms with E-state index in [1.54, 1.807) is 0 Å². The molecule has 4 aliphatic heterocycles. The van der Waals surface area contributed by atoms with E-state index in [1.165, 1.54) is 40.7 Å². The maximum absolute atomic E-state index is 11.8. The summed E-state index contributed by atoms with van der Waals surface area (Å²) in [7, 11) is 0. The number of nitrogens with zero attached hydrogens (tertiary/aromatic N) is 3. The van der Waals surface area contributed by atoms with Crippen LogP contribution in [0.3, 0.4) is 0 Å². The van der Waals surface area contributed by atoms with Gasteiger partial charge in [0.05, 0.1) is 39.6 Å². The molecule has 12 nitrogen and oxygen atoms in total. The maximum atomic E-state index is 11.8. The Morgan fingerprint density at radius 2 is 0.878 bits per heavy atom. The molecule has 12 heteroatoms. The number of rotatable bonds is 8. The molecule has 74 heavy (non-hydrogen) atoms. The van der Waals surface area contributed by atoms with Gasteiger partial charge >= 0.3 is 0 Å². The molecule has 4 unspecified atom stereocenters. The first-order valence-corrected chi connectivity index (χ1v) is 27.0. The van der Waals surface area contributed by atoms with Crippen LogP contribution in [0.25, 0.3) is 0 Å². The van der Waals surface area contributed by atoms with E-state index in [9.17, 15) is 9.59 Å². The molecule has 4 N–H and O–H groups in total. The SMILES string of the molecule is Cc1ccccc1.NCc1ccccc1.O=C1C2CCC1CN(Cc1ccccc1)C2.O=C1CCCC1.OCCO.c1ccc(CN2CC3CCC(C2)C32OCCO2)cc1.c1ccc(CN2COCCOC2)cc1. The monoisotopic (exact) mass is 1010 g/mol. The van der Waals surface area contributed by atoms with E-state index in [1.807, 2.05) is 60.7 Å². The normalized spacial score (nSPS) is 22.5. The Morgan fingerprint density at radius 1 is 0.500 bits per heavy atom. The smallest absolute Gasteiger partial charge is 0.176 e. The zero-order valence-electron chi connectivity index (χ0n) is 44.0. The number of aliphatic hydroxyl groups excluding tert-OH is 2. The number of aliphatic hydroxyl groups is 2. The lowest BCUT2D eigenvalue weighted by Crippen LogP contribution is -2.54. The average Bonchev–Trinajstić information content (AvgIpc) is 4.16. The molecular formula is C62H84N4O8. The molecule has 7 fully saturated rings. The molecule has 0 amide bonds. The summed E-state index contributed by atoms with van der Waals surface area (Å²) in [4.78, 5) is 29.2. The Bertz CT molecular complexity index is 2210. The molecule has 12 rings (SSSR count). The van der Waals surface area contributed by atoms with Crippen LogP contribution < -0.4 is 5.73 Å². The van der Waals surface area contributed by atoms with E-state index in [0.717, 1.165) is 97.6 Å². The van der Waals surface area contributed by atoms with Crippen LogP contribution in [0.4, 0.5) is 0 Å². The summed E-state index contributed by atoms with van der Waals surface area (Å²) in [5, 5.41) is 15.2. The molecule has 400 valence electrons. The van der Waals surface area contributed by atoms with Gasteiger partial charge in [-0.05, 0) is 67.7 Å². The van der Waals surface area contributed by atoms with E-state index in [2.05, 4.69) is 113 Å². The van der Waals surface area contributed by atoms with Gasteiger partial charge < -0.3 is 34.9 Å². The molecule has 4 saturated heterocycles. The minimum atomic E-state index is -0.215. The lowest BCUT2D eigenvalue weighted by atomic mass is 9.90. The van der Waals surface area contributed by atoms with Crippen molar-refractivity contribution in [2.24, 2.45) is 29.4 Å². The fraction of sp³-hybridized carbons (Fsp3) is 0.484. The fourth-order valence-electron chi connectivity index (χ4n) is 10.6. The van der Waals surface area contributed by atoms with Gasteiger partial charge in [0.1, 0.15) is 25.0 Å². The minimum absolute atomic E-state index is 0.125.